The minimum atomic E-state index is -0.603. The minimum absolute atomic E-state index is 0.132. The number of anilines is 1. The predicted octanol–water partition coefficient (Wildman–Crippen LogP) is -0.842. The Bertz CT molecular complexity index is 260. The summed E-state index contributed by atoms with van der Waals surface area (Å²) in [6.07, 6.45) is 1.19. The van der Waals surface area contributed by atoms with Crippen LogP contribution < -0.4 is 11.5 Å². The van der Waals surface area contributed by atoms with Crippen LogP contribution in [-0.4, -0.2) is 15.9 Å². The summed E-state index contributed by atoms with van der Waals surface area (Å²) in [5, 5.41) is 0. The first kappa shape index (κ1) is 6.47. The van der Waals surface area contributed by atoms with Gasteiger partial charge >= 0.3 is 0 Å². The molecule has 10 heavy (non-hydrogen) atoms. The maximum Gasteiger partial charge on any atom is 0.267 e. The van der Waals surface area contributed by atoms with Gasteiger partial charge < -0.3 is 11.5 Å². The molecule has 0 aliphatic rings. The minimum Gasteiger partial charge on any atom is -0.384 e. The molecule has 4 N–H and O–H groups in total. The normalized spacial score (nSPS) is 9.20. The molecule has 0 radical (unpaired) electrons. The van der Waals surface area contributed by atoms with Crippen molar-refractivity contribution in [2.45, 2.75) is 0 Å². The van der Waals surface area contributed by atoms with Crippen molar-refractivity contribution in [2.75, 3.05) is 5.73 Å². The number of carbonyl (C=O) groups is 1. The predicted molar refractivity (Wildman–Crippen MR) is 35.0 cm³/mol. The number of amides is 1. The lowest BCUT2D eigenvalue weighted by Gasteiger charge is -1.92. The summed E-state index contributed by atoms with van der Waals surface area (Å²) in [5.74, 6) is -0.363. The van der Waals surface area contributed by atoms with E-state index in [9.17, 15) is 4.79 Å². The van der Waals surface area contributed by atoms with Crippen LogP contribution in [-0.2, 0) is 0 Å². The lowest BCUT2D eigenvalue weighted by molar-refractivity contribution is 0.0995. The van der Waals surface area contributed by atoms with E-state index < -0.39 is 5.91 Å². The Kier molecular flexibility index (Phi) is 1.49. The van der Waals surface area contributed by atoms with Crippen molar-refractivity contribution < 1.29 is 4.79 Å². The van der Waals surface area contributed by atoms with Crippen LogP contribution in [0.5, 0.6) is 0 Å². The Morgan fingerprint density at radius 1 is 1.50 bits per heavy atom. The van der Waals surface area contributed by atoms with E-state index in [1.165, 1.54) is 12.4 Å². The molecule has 0 bridgehead atoms. The summed E-state index contributed by atoms with van der Waals surface area (Å²) in [5.41, 5.74) is 10.3. The molecule has 0 unspecified atom stereocenters. The van der Waals surface area contributed by atoms with Crippen molar-refractivity contribution in [2.24, 2.45) is 5.73 Å². The van der Waals surface area contributed by atoms with Crippen LogP contribution in [0.4, 0.5) is 5.82 Å². The molecule has 0 aliphatic heterocycles. The highest BCUT2D eigenvalue weighted by molar-refractivity contribution is 5.91. The van der Waals surface area contributed by atoms with Gasteiger partial charge in [-0.3, -0.25) is 4.79 Å². The van der Waals surface area contributed by atoms with E-state index in [4.69, 9.17) is 11.5 Å². The summed E-state index contributed by atoms with van der Waals surface area (Å²) >= 11 is 0. The van der Waals surface area contributed by atoms with Crippen LogP contribution >= 0.6 is 0 Å². The smallest absolute Gasteiger partial charge is 0.267 e. The Hall–Kier alpha value is -1.65. The van der Waals surface area contributed by atoms with Crippen molar-refractivity contribution in [3.63, 3.8) is 0 Å². The van der Waals surface area contributed by atoms with Crippen molar-refractivity contribution in [1.82, 2.24) is 9.97 Å². The highest BCUT2D eigenvalue weighted by atomic mass is 16.1. The van der Waals surface area contributed by atoms with Crippen LogP contribution in [0.15, 0.2) is 12.4 Å². The molecule has 0 atom stereocenters. The van der Waals surface area contributed by atoms with Crippen LogP contribution in [0.2, 0.25) is 0 Å². The molecule has 1 aromatic rings. The summed E-state index contributed by atoms with van der Waals surface area (Å²) in [7, 11) is 0. The molecule has 52 valence electrons. The molecular weight excluding hydrogens is 132 g/mol. The van der Waals surface area contributed by atoms with E-state index >= 15 is 0 Å². The van der Waals surface area contributed by atoms with Gasteiger partial charge in [0.2, 0.25) is 0 Å². The van der Waals surface area contributed by atoms with E-state index in [2.05, 4.69) is 9.97 Å². The van der Waals surface area contributed by atoms with Gasteiger partial charge in [-0.2, -0.15) is 0 Å². The Morgan fingerprint density at radius 3 is 2.60 bits per heavy atom. The average molecular weight is 138 g/mol. The molecule has 1 heterocycles. The Labute approximate surface area is 57.1 Å². The van der Waals surface area contributed by atoms with Crippen LogP contribution in [0.3, 0.4) is 0 Å². The number of hydrogen-bond acceptors (Lipinski definition) is 4. The second-order valence-electron chi connectivity index (χ2n) is 1.69. The zero-order valence-corrected chi connectivity index (χ0v) is 5.11. The van der Waals surface area contributed by atoms with Crippen LogP contribution in [0.25, 0.3) is 0 Å². The molecule has 0 saturated heterocycles. The zero-order chi connectivity index (χ0) is 7.56. The van der Waals surface area contributed by atoms with Gasteiger partial charge in [0, 0.05) is 6.07 Å². The maximum atomic E-state index is 10.4. The number of rotatable bonds is 1. The lowest BCUT2D eigenvalue weighted by atomic mass is 10.4. The number of aromatic nitrogens is 2. The quantitative estimate of drug-likeness (QED) is 0.528. The number of nitrogens with zero attached hydrogens (tertiary/aromatic N) is 2. The molecule has 5 nitrogen and oxygen atoms in total. The van der Waals surface area contributed by atoms with Crippen molar-refractivity contribution in [3.8, 4) is 0 Å². The first-order valence-electron chi connectivity index (χ1n) is 2.57. The van der Waals surface area contributed by atoms with Gasteiger partial charge in [0.05, 0.1) is 0 Å². The van der Waals surface area contributed by atoms with E-state index in [-0.39, 0.29) is 11.5 Å². The first-order valence-corrected chi connectivity index (χ1v) is 2.57. The van der Waals surface area contributed by atoms with Gasteiger partial charge in [0.25, 0.3) is 5.91 Å². The van der Waals surface area contributed by atoms with E-state index in [1.807, 2.05) is 0 Å². The zero-order valence-electron chi connectivity index (χ0n) is 5.11. The van der Waals surface area contributed by atoms with Crippen LogP contribution in [0.1, 0.15) is 10.5 Å². The molecular formula is C5H6N4O. The molecule has 0 spiro atoms. The molecule has 1 amide bonds. The molecule has 0 saturated carbocycles. The maximum absolute atomic E-state index is 10.4. The van der Waals surface area contributed by atoms with E-state index in [0.717, 1.165) is 0 Å². The topological polar surface area (TPSA) is 94.9 Å². The first-order chi connectivity index (χ1) is 4.70. The van der Waals surface area contributed by atoms with E-state index in [1.54, 1.807) is 0 Å². The highest BCUT2D eigenvalue weighted by Gasteiger charge is 2.00. The highest BCUT2D eigenvalue weighted by Crippen LogP contribution is 1.96. The summed E-state index contributed by atoms with van der Waals surface area (Å²) in [4.78, 5) is 17.6. The number of nitrogen functional groups attached to an aromatic ring is 1. The Morgan fingerprint density at radius 2 is 2.20 bits per heavy atom. The number of primary amides is 1. The molecule has 1 aromatic heterocycles. The fourth-order valence-electron chi connectivity index (χ4n) is 0.507. The summed E-state index contributed by atoms with van der Waals surface area (Å²) < 4.78 is 0. The second kappa shape index (κ2) is 2.30. The van der Waals surface area contributed by atoms with Crippen LogP contribution in [0, 0.1) is 0 Å². The van der Waals surface area contributed by atoms with Gasteiger partial charge in [-0.15, -0.1) is 0 Å². The van der Waals surface area contributed by atoms with Gasteiger partial charge in [-0.1, -0.05) is 0 Å². The van der Waals surface area contributed by atoms with Gasteiger partial charge in [0.1, 0.15) is 17.8 Å². The summed E-state index contributed by atoms with van der Waals surface area (Å²) in [6.45, 7) is 0. The lowest BCUT2D eigenvalue weighted by Crippen LogP contribution is -2.13. The van der Waals surface area contributed by atoms with Gasteiger partial charge in [-0.25, -0.2) is 9.97 Å². The molecule has 1 rings (SSSR count). The monoisotopic (exact) mass is 138 g/mol. The molecule has 0 fully saturated rings. The fraction of sp³-hybridized carbons (Fsp3) is 0. The third-order valence-electron chi connectivity index (χ3n) is 0.941. The van der Waals surface area contributed by atoms with Gasteiger partial charge in [-0.05, 0) is 0 Å². The van der Waals surface area contributed by atoms with Crippen molar-refractivity contribution >= 4 is 11.7 Å². The van der Waals surface area contributed by atoms with E-state index in [0.29, 0.717) is 0 Å². The number of carbonyl (C=O) groups excluding carboxylic acids is 1. The van der Waals surface area contributed by atoms with Crippen molar-refractivity contribution in [1.29, 1.82) is 0 Å². The largest absolute Gasteiger partial charge is 0.384 e. The third-order valence-corrected chi connectivity index (χ3v) is 0.941. The van der Waals surface area contributed by atoms with Gasteiger partial charge in [0.15, 0.2) is 0 Å². The number of nitrogens with two attached hydrogens (primary N) is 2. The number of hydrogen-bond donors (Lipinski definition) is 2. The second-order valence-corrected chi connectivity index (χ2v) is 1.69. The average Bonchev–Trinajstić information content (AvgIpc) is 1.88. The molecule has 0 aliphatic carbocycles. The standard InChI is InChI=1S/C5H6N4O/c6-4-1-3(5(7)10)8-2-9-4/h1-2H,(H2,7,10)(H2,6,8,9). The molecule has 5 heteroatoms. The third kappa shape index (κ3) is 1.19. The summed E-state index contributed by atoms with van der Waals surface area (Å²) in [6, 6.07) is 1.32. The SMILES string of the molecule is NC(=O)c1cc(N)ncn1. The van der Waals surface area contributed by atoms with Crippen molar-refractivity contribution in [3.05, 3.63) is 18.1 Å². The molecule has 0 aromatic carbocycles. The Balaban J connectivity index is 3.07. The fourth-order valence-corrected chi connectivity index (χ4v) is 0.507.